The fourth-order valence-electron chi connectivity index (χ4n) is 4.90. The summed E-state index contributed by atoms with van der Waals surface area (Å²) in [4.78, 5) is 9.94. The molecule has 0 unspecified atom stereocenters. The van der Waals surface area contributed by atoms with Crippen LogP contribution in [0.2, 0.25) is 0 Å². The molecule has 5 rings (SSSR count). The van der Waals surface area contributed by atoms with E-state index in [0.717, 1.165) is 44.8 Å². The maximum absolute atomic E-state index is 6.77. The average molecular weight is 563 g/mol. The van der Waals surface area contributed by atoms with Gasteiger partial charge in [0.15, 0.2) is 5.60 Å². The number of nitrogens with zero attached hydrogens (tertiary/aromatic N) is 2. The van der Waals surface area contributed by atoms with Crippen LogP contribution in [0.4, 0.5) is 11.4 Å². The minimum atomic E-state index is -0.932. The first kappa shape index (κ1) is 29.2. The summed E-state index contributed by atoms with van der Waals surface area (Å²) in [6.07, 6.45) is 0. The van der Waals surface area contributed by atoms with Crippen LogP contribution in [0.25, 0.3) is 0 Å². The van der Waals surface area contributed by atoms with E-state index in [4.69, 9.17) is 28.9 Å². The molecule has 0 amide bonds. The van der Waals surface area contributed by atoms with Crippen LogP contribution in [0, 0.1) is 27.7 Å². The summed E-state index contributed by atoms with van der Waals surface area (Å²) in [5, 5.41) is 0. The molecule has 1 heterocycles. The van der Waals surface area contributed by atoms with Crippen LogP contribution in [0.15, 0.2) is 107 Å². The van der Waals surface area contributed by atoms with E-state index in [9.17, 15) is 0 Å². The molecule has 0 saturated carbocycles. The van der Waals surface area contributed by atoms with E-state index in [1.54, 1.807) is 0 Å². The Morgan fingerprint density at radius 3 is 1.45 bits per heavy atom. The van der Waals surface area contributed by atoms with Crippen molar-refractivity contribution in [3.63, 3.8) is 0 Å². The lowest BCUT2D eigenvalue weighted by Gasteiger charge is -2.38. The van der Waals surface area contributed by atoms with Crippen LogP contribution >= 0.6 is 0 Å². The SMILES string of the molecule is Cc1cccc(C)c1N=C1OCC(COCc2ccccc2)(COCc2ccccc2)OC1=Nc1c(C)cccc1C. The third-order valence-electron chi connectivity index (χ3n) is 7.23. The van der Waals surface area contributed by atoms with Gasteiger partial charge in [-0.05, 0) is 61.1 Å². The highest BCUT2D eigenvalue weighted by Crippen LogP contribution is 2.30. The lowest BCUT2D eigenvalue weighted by Crippen LogP contribution is -2.54. The number of hydrogen-bond acceptors (Lipinski definition) is 6. The van der Waals surface area contributed by atoms with Gasteiger partial charge in [0, 0.05) is 0 Å². The Bertz CT molecular complexity index is 1460. The van der Waals surface area contributed by atoms with Gasteiger partial charge >= 0.3 is 0 Å². The molecule has 0 spiro atoms. The molecule has 216 valence electrons. The molecule has 6 heteroatoms. The number of benzene rings is 4. The van der Waals surface area contributed by atoms with Crippen molar-refractivity contribution in [3.05, 3.63) is 130 Å². The Kier molecular flexibility index (Phi) is 9.47. The van der Waals surface area contributed by atoms with Gasteiger partial charge in [0.25, 0.3) is 11.8 Å². The molecule has 1 aliphatic rings. The Morgan fingerprint density at radius 1 is 0.571 bits per heavy atom. The molecule has 6 nitrogen and oxygen atoms in total. The number of rotatable bonds is 10. The summed E-state index contributed by atoms with van der Waals surface area (Å²) in [6.45, 7) is 9.74. The van der Waals surface area contributed by atoms with Crippen molar-refractivity contribution in [1.29, 1.82) is 0 Å². The van der Waals surface area contributed by atoms with Crippen LogP contribution in [0.5, 0.6) is 0 Å². The van der Waals surface area contributed by atoms with Crippen molar-refractivity contribution in [1.82, 2.24) is 0 Å². The van der Waals surface area contributed by atoms with Crippen LogP contribution < -0.4 is 0 Å². The largest absolute Gasteiger partial charge is 0.469 e. The molecule has 0 bridgehead atoms. The lowest BCUT2D eigenvalue weighted by atomic mass is 10.1. The average Bonchev–Trinajstić information content (AvgIpc) is 2.99. The summed E-state index contributed by atoms with van der Waals surface area (Å²) in [5.74, 6) is 0.657. The van der Waals surface area contributed by atoms with Gasteiger partial charge in [0.1, 0.15) is 6.61 Å². The van der Waals surface area contributed by atoms with Gasteiger partial charge in [-0.3, -0.25) is 0 Å². The predicted octanol–water partition coefficient (Wildman–Crippen LogP) is 7.90. The molecule has 4 aromatic rings. The number of aryl methyl sites for hydroxylation is 4. The maximum Gasteiger partial charge on any atom is 0.279 e. The van der Waals surface area contributed by atoms with Crippen LogP contribution in [0.1, 0.15) is 33.4 Å². The molecular weight excluding hydrogens is 524 g/mol. The fourth-order valence-corrected chi connectivity index (χ4v) is 4.90. The zero-order chi connectivity index (χ0) is 29.4. The summed E-state index contributed by atoms with van der Waals surface area (Å²) in [6, 6.07) is 32.4. The van der Waals surface area contributed by atoms with Crippen molar-refractivity contribution < 1.29 is 18.9 Å². The van der Waals surface area contributed by atoms with E-state index in [0.29, 0.717) is 25.0 Å². The van der Waals surface area contributed by atoms with Gasteiger partial charge in [0.05, 0.1) is 37.8 Å². The topological polar surface area (TPSA) is 61.6 Å². The summed E-state index contributed by atoms with van der Waals surface area (Å²) < 4.78 is 25.6. The second-order valence-corrected chi connectivity index (χ2v) is 10.8. The monoisotopic (exact) mass is 562 g/mol. The van der Waals surface area contributed by atoms with Gasteiger partial charge in [-0.15, -0.1) is 0 Å². The highest BCUT2D eigenvalue weighted by atomic mass is 16.6. The molecule has 4 aromatic carbocycles. The molecule has 0 atom stereocenters. The second kappa shape index (κ2) is 13.6. The molecule has 0 aromatic heterocycles. The van der Waals surface area contributed by atoms with Crippen molar-refractivity contribution in [2.45, 2.75) is 46.5 Å². The minimum absolute atomic E-state index is 0.201. The fraction of sp³-hybridized carbons (Fsp3) is 0.278. The second-order valence-electron chi connectivity index (χ2n) is 10.8. The summed E-state index contributed by atoms with van der Waals surface area (Å²) >= 11 is 0. The van der Waals surface area contributed by atoms with Crippen molar-refractivity contribution in [2.24, 2.45) is 9.98 Å². The van der Waals surface area contributed by atoms with E-state index in [1.165, 1.54) is 0 Å². The highest BCUT2D eigenvalue weighted by molar-refractivity contribution is 6.37. The van der Waals surface area contributed by atoms with Crippen molar-refractivity contribution in [2.75, 3.05) is 19.8 Å². The first-order valence-electron chi connectivity index (χ1n) is 14.3. The summed E-state index contributed by atoms with van der Waals surface area (Å²) in [7, 11) is 0. The molecular formula is C36H38N2O4. The Morgan fingerprint density at radius 2 is 1.00 bits per heavy atom. The van der Waals surface area contributed by atoms with E-state index in [2.05, 4.69) is 0 Å². The van der Waals surface area contributed by atoms with Gasteiger partial charge < -0.3 is 18.9 Å². The number of ether oxygens (including phenoxy) is 4. The lowest BCUT2D eigenvalue weighted by molar-refractivity contribution is -0.122. The van der Waals surface area contributed by atoms with Gasteiger partial charge in [0.2, 0.25) is 0 Å². The number of aliphatic imine (C=N–C) groups is 2. The zero-order valence-corrected chi connectivity index (χ0v) is 24.8. The number of para-hydroxylation sites is 2. The van der Waals surface area contributed by atoms with Crippen LogP contribution in [-0.4, -0.2) is 37.2 Å². The van der Waals surface area contributed by atoms with Gasteiger partial charge in [-0.2, -0.15) is 0 Å². The van der Waals surface area contributed by atoms with E-state index >= 15 is 0 Å². The maximum atomic E-state index is 6.77. The predicted molar refractivity (Wildman–Crippen MR) is 168 cm³/mol. The van der Waals surface area contributed by atoms with Crippen LogP contribution in [-0.2, 0) is 32.2 Å². The summed E-state index contributed by atoms with van der Waals surface area (Å²) in [5.41, 5.74) is 7.07. The van der Waals surface area contributed by atoms with E-state index in [-0.39, 0.29) is 19.8 Å². The minimum Gasteiger partial charge on any atom is -0.469 e. The van der Waals surface area contributed by atoms with E-state index < -0.39 is 5.60 Å². The Balaban J connectivity index is 1.48. The quantitative estimate of drug-likeness (QED) is 0.197. The Labute approximate surface area is 248 Å². The highest BCUT2D eigenvalue weighted by Gasteiger charge is 2.42. The van der Waals surface area contributed by atoms with Gasteiger partial charge in [-0.25, -0.2) is 9.98 Å². The molecule has 1 saturated heterocycles. The molecule has 42 heavy (non-hydrogen) atoms. The third kappa shape index (κ3) is 7.32. The van der Waals surface area contributed by atoms with E-state index in [1.807, 2.05) is 125 Å². The molecule has 0 radical (unpaired) electrons. The molecule has 1 fully saturated rings. The van der Waals surface area contributed by atoms with Crippen molar-refractivity contribution >= 4 is 23.2 Å². The Hall–Kier alpha value is -4.26. The molecule has 0 aliphatic carbocycles. The zero-order valence-electron chi connectivity index (χ0n) is 24.8. The normalized spacial score (nSPS) is 16.3. The van der Waals surface area contributed by atoms with Crippen molar-refractivity contribution in [3.8, 4) is 0 Å². The molecule has 1 aliphatic heterocycles. The molecule has 0 N–H and O–H groups in total. The standard InChI is InChI=1S/C36H38N2O4/c1-26-13-11-14-27(2)32(26)37-34-35(38-33-28(3)15-12-16-29(33)4)42-36(25-41-34,23-39-21-30-17-7-5-8-18-30)24-40-22-31-19-9-6-10-20-31/h5-20H,21-25H2,1-4H3. The first-order chi connectivity index (χ1) is 20.4. The van der Waals surface area contributed by atoms with Crippen LogP contribution in [0.3, 0.4) is 0 Å². The number of hydrogen-bond donors (Lipinski definition) is 0. The first-order valence-corrected chi connectivity index (χ1v) is 14.3. The third-order valence-corrected chi connectivity index (χ3v) is 7.23. The smallest absolute Gasteiger partial charge is 0.279 e. The van der Waals surface area contributed by atoms with Gasteiger partial charge in [-0.1, -0.05) is 97.1 Å².